The number of thiophene rings is 1. The largest absolute Gasteiger partial charge is 0.494 e. The SMILES string of the molecule is CCOc1ccc(/C=C(\C#N)C(=O)OCC(=O)c2ccc(C)s2)cc1. The molecule has 2 aromatic rings. The lowest BCUT2D eigenvalue weighted by Gasteiger charge is -2.04. The van der Waals surface area contributed by atoms with E-state index in [9.17, 15) is 9.59 Å². The second-order valence-corrected chi connectivity index (χ2v) is 6.37. The molecule has 2 rings (SSSR count). The first kappa shape index (κ1) is 18.4. The molecular weight excluding hydrogens is 338 g/mol. The van der Waals surface area contributed by atoms with Gasteiger partial charge >= 0.3 is 5.97 Å². The molecule has 6 heteroatoms. The van der Waals surface area contributed by atoms with Gasteiger partial charge in [0.15, 0.2) is 6.61 Å². The van der Waals surface area contributed by atoms with Crippen LogP contribution in [0.5, 0.6) is 5.75 Å². The molecule has 25 heavy (non-hydrogen) atoms. The summed E-state index contributed by atoms with van der Waals surface area (Å²) < 4.78 is 10.3. The summed E-state index contributed by atoms with van der Waals surface area (Å²) in [4.78, 5) is 25.5. The number of nitrogens with zero attached hydrogens (tertiary/aromatic N) is 1. The van der Waals surface area contributed by atoms with Crippen LogP contribution in [0.3, 0.4) is 0 Å². The predicted octanol–water partition coefficient (Wildman–Crippen LogP) is 3.79. The molecule has 0 fully saturated rings. The lowest BCUT2D eigenvalue weighted by atomic mass is 10.1. The van der Waals surface area contributed by atoms with Crippen LogP contribution in [0.2, 0.25) is 0 Å². The maximum absolute atomic E-state index is 12.0. The number of Topliss-reactive ketones (excluding diaryl/α,β-unsaturated/α-hetero) is 1. The third-order valence-corrected chi connectivity index (χ3v) is 4.23. The van der Waals surface area contributed by atoms with Crippen molar-refractivity contribution in [3.63, 3.8) is 0 Å². The number of benzene rings is 1. The second-order valence-electron chi connectivity index (χ2n) is 5.08. The normalized spacial score (nSPS) is 10.8. The molecule has 1 heterocycles. The molecule has 0 amide bonds. The van der Waals surface area contributed by atoms with Gasteiger partial charge in [-0.15, -0.1) is 11.3 Å². The maximum atomic E-state index is 12.0. The molecule has 0 aliphatic rings. The van der Waals surface area contributed by atoms with E-state index >= 15 is 0 Å². The summed E-state index contributed by atoms with van der Waals surface area (Å²) >= 11 is 1.34. The summed E-state index contributed by atoms with van der Waals surface area (Å²) in [6.45, 7) is 3.95. The molecule has 0 atom stereocenters. The Labute approximate surface area is 150 Å². The highest BCUT2D eigenvalue weighted by molar-refractivity contribution is 7.14. The average molecular weight is 355 g/mol. The molecule has 0 spiro atoms. The van der Waals surface area contributed by atoms with Crippen molar-refractivity contribution in [2.45, 2.75) is 13.8 Å². The van der Waals surface area contributed by atoms with E-state index in [2.05, 4.69) is 0 Å². The molecular formula is C19H17NO4S. The molecule has 0 saturated heterocycles. The van der Waals surface area contributed by atoms with E-state index in [1.807, 2.05) is 19.9 Å². The number of carbonyl (C=O) groups excluding carboxylic acids is 2. The quantitative estimate of drug-likeness (QED) is 0.327. The summed E-state index contributed by atoms with van der Waals surface area (Å²) in [7, 11) is 0. The lowest BCUT2D eigenvalue weighted by Crippen LogP contribution is -2.14. The first-order valence-electron chi connectivity index (χ1n) is 7.65. The highest BCUT2D eigenvalue weighted by Gasteiger charge is 2.15. The van der Waals surface area contributed by atoms with Gasteiger partial charge in [0.2, 0.25) is 5.78 Å². The van der Waals surface area contributed by atoms with Gasteiger partial charge in [-0.2, -0.15) is 5.26 Å². The van der Waals surface area contributed by atoms with Gasteiger partial charge in [0, 0.05) is 4.88 Å². The van der Waals surface area contributed by atoms with Crippen LogP contribution < -0.4 is 4.74 Å². The molecule has 5 nitrogen and oxygen atoms in total. The molecule has 0 aliphatic carbocycles. The molecule has 128 valence electrons. The minimum atomic E-state index is -0.821. The maximum Gasteiger partial charge on any atom is 0.349 e. The Hall–Kier alpha value is -2.91. The number of carbonyl (C=O) groups is 2. The first-order chi connectivity index (χ1) is 12.0. The van der Waals surface area contributed by atoms with Crippen molar-refractivity contribution < 1.29 is 19.1 Å². The number of esters is 1. The number of ether oxygens (including phenoxy) is 2. The number of nitriles is 1. The Bertz CT molecular complexity index is 828. The van der Waals surface area contributed by atoms with Gasteiger partial charge in [-0.1, -0.05) is 12.1 Å². The Morgan fingerprint density at radius 3 is 2.48 bits per heavy atom. The minimum Gasteiger partial charge on any atom is -0.494 e. The van der Waals surface area contributed by atoms with Gasteiger partial charge in [-0.05, 0) is 49.8 Å². The van der Waals surface area contributed by atoms with Crippen molar-refractivity contribution in [3.8, 4) is 11.8 Å². The third kappa shape index (κ3) is 5.30. The van der Waals surface area contributed by atoms with Gasteiger partial charge in [-0.25, -0.2) is 4.79 Å². The Kier molecular flexibility index (Phi) is 6.49. The molecule has 1 aromatic heterocycles. The van der Waals surface area contributed by atoms with E-state index in [1.54, 1.807) is 36.4 Å². The number of rotatable bonds is 7. The molecule has 0 aliphatic heterocycles. The van der Waals surface area contributed by atoms with Crippen LogP contribution >= 0.6 is 11.3 Å². The zero-order chi connectivity index (χ0) is 18.2. The molecule has 0 radical (unpaired) electrons. The van der Waals surface area contributed by atoms with Gasteiger partial charge in [0.25, 0.3) is 0 Å². The van der Waals surface area contributed by atoms with Gasteiger partial charge < -0.3 is 9.47 Å². The van der Waals surface area contributed by atoms with Crippen molar-refractivity contribution in [1.82, 2.24) is 0 Å². The summed E-state index contributed by atoms with van der Waals surface area (Å²) in [6.07, 6.45) is 1.41. The van der Waals surface area contributed by atoms with E-state index in [4.69, 9.17) is 14.7 Å². The van der Waals surface area contributed by atoms with Crippen LogP contribution in [0, 0.1) is 18.3 Å². The fourth-order valence-corrected chi connectivity index (χ4v) is 2.79. The summed E-state index contributed by atoms with van der Waals surface area (Å²) in [5.74, 6) is -0.402. The van der Waals surface area contributed by atoms with Gasteiger partial charge in [0.05, 0.1) is 11.5 Å². The smallest absolute Gasteiger partial charge is 0.349 e. The first-order valence-corrected chi connectivity index (χ1v) is 8.46. The van der Waals surface area contributed by atoms with E-state index in [0.717, 1.165) is 4.88 Å². The van der Waals surface area contributed by atoms with Crippen molar-refractivity contribution >= 4 is 29.2 Å². The van der Waals surface area contributed by atoms with E-state index < -0.39 is 5.97 Å². The van der Waals surface area contributed by atoms with E-state index in [-0.39, 0.29) is 18.0 Å². The summed E-state index contributed by atoms with van der Waals surface area (Å²) in [5, 5.41) is 9.16. The van der Waals surface area contributed by atoms with Crippen molar-refractivity contribution in [2.75, 3.05) is 13.2 Å². The number of aryl methyl sites for hydroxylation is 1. The molecule has 0 saturated carbocycles. The fourth-order valence-electron chi connectivity index (χ4n) is 1.99. The predicted molar refractivity (Wildman–Crippen MR) is 95.5 cm³/mol. The summed E-state index contributed by atoms with van der Waals surface area (Å²) in [6, 6.07) is 12.3. The van der Waals surface area contributed by atoms with Crippen LogP contribution in [0.25, 0.3) is 6.08 Å². The second kappa shape index (κ2) is 8.81. The highest BCUT2D eigenvalue weighted by Crippen LogP contribution is 2.17. The Balaban J connectivity index is 2.00. The van der Waals surface area contributed by atoms with Gasteiger partial charge in [-0.3, -0.25) is 4.79 Å². The molecule has 0 unspecified atom stereocenters. The van der Waals surface area contributed by atoms with E-state index in [1.165, 1.54) is 17.4 Å². The fraction of sp³-hybridized carbons (Fsp3) is 0.211. The third-order valence-electron chi connectivity index (χ3n) is 3.19. The Morgan fingerprint density at radius 2 is 1.92 bits per heavy atom. The number of hydrogen-bond donors (Lipinski definition) is 0. The lowest BCUT2D eigenvalue weighted by molar-refractivity contribution is -0.137. The topological polar surface area (TPSA) is 76.4 Å². The van der Waals surface area contributed by atoms with Crippen molar-refractivity contribution in [1.29, 1.82) is 5.26 Å². The molecule has 1 aromatic carbocycles. The zero-order valence-corrected chi connectivity index (χ0v) is 14.8. The van der Waals surface area contributed by atoms with Crippen LogP contribution in [0.15, 0.2) is 42.0 Å². The minimum absolute atomic E-state index is 0.167. The monoisotopic (exact) mass is 355 g/mol. The van der Waals surface area contributed by atoms with Crippen LogP contribution in [-0.4, -0.2) is 25.0 Å². The van der Waals surface area contributed by atoms with E-state index in [0.29, 0.717) is 22.8 Å². The number of ketones is 1. The highest BCUT2D eigenvalue weighted by atomic mass is 32.1. The van der Waals surface area contributed by atoms with Crippen molar-refractivity contribution in [3.05, 3.63) is 57.3 Å². The van der Waals surface area contributed by atoms with Gasteiger partial charge in [0.1, 0.15) is 17.4 Å². The standard InChI is InChI=1S/C19H17NO4S/c1-3-23-16-7-5-14(6-8-16)10-15(11-20)19(22)24-12-17(21)18-9-4-13(2)25-18/h4-10H,3,12H2,1-2H3/b15-10+. The van der Waals surface area contributed by atoms with Crippen molar-refractivity contribution in [2.24, 2.45) is 0 Å². The molecule has 0 N–H and O–H groups in total. The van der Waals surface area contributed by atoms with Crippen LogP contribution in [-0.2, 0) is 9.53 Å². The number of hydrogen-bond acceptors (Lipinski definition) is 6. The zero-order valence-electron chi connectivity index (χ0n) is 13.9. The Morgan fingerprint density at radius 1 is 1.20 bits per heavy atom. The summed E-state index contributed by atoms with van der Waals surface area (Å²) in [5.41, 5.74) is 0.497. The average Bonchev–Trinajstić information content (AvgIpc) is 3.05. The molecule has 0 bridgehead atoms. The van der Waals surface area contributed by atoms with Crippen LogP contribution in [0.1, 0.15) is 27.0 Å². The van der Waals surface area contributed by atoms with Crippen LogP contribution in [0.4, 0.5) is 0 Å².